The lowest BCUT2D eigenvalue weighted by Gasteiger charge is -2.38. The molecule has 2 fully saturated rings. The minimum Gasteiger partial charge on any atom is -0.450 e. The fourth-order valence-corrected chi connectivity index (χ4v) is 4.34. The maximum Gasteiger partial charge on any atom is 0.410 e. The van der Waals surface area contributed by atoms with Gasteiger partial charge in [-0.25, -0.2) is 4.79 Å². The van der Waals surface area contributed by atoms with E-state index in [1.807, 2.05) is 43.0 Å². The number of rotatable bonds is 7. The van der Waals surface area contributed by atoms with Gasteiger partial charge in [0.25, 0.3) is 0 Å². The van der Waals surface area contributed by atoms with Gasteiger partial charge in [0.2, 0.25) is 6.41 Å². The molecule has 142 valence electrons. The standard InChI is InChI=1S/C20H29N3O3/c1-3-26-20(25)23-17-8-9-18(23)13-16(12-17)21-10-11-22(14-24)19-7-5-4-6-15(19)2/h4-7,14,16-18,21H,3,8-13H2,1-2H3. The summed E-state index contributed by atoms with van der Waals surface area (Å²) in [5.74, 6) is 0. The fourth-order valence-electron chi connectivity index (χ4n) is 4.34. The molecule has 2 unspecified atom stereocenters. The van der Waals surface area contributed by atoms with Crippen LogP contribution in [0.25, 0.3) is 0 Å². The van der Waals surface area contributed by atoms with E-state index in [1.165, 1.54) is 0 Å². The molecule has 6 heteroatoms. The fraction of sp³-hybridized carbons (Fsp3) is 0.600. The molecule has 2 heterocycles. The second-order valence-corrected chi connectivity index (χ2v) is 7.20. The van der Waals surface area contributed by atoms with Crippen LogP contribution in [0.1, 0.15) is 38.2 Å². The molecule has 2 atom stereocenters. The van der Waals surface area contributed by atoms with Gasteiger partial charge in [-0.1, -0.05) is 18.2 Å². The Kier molecular flexibility index (Phi) is 6.14. The van der Waals surface area contributed by atoms with Gasteiger partial charge in [-0.2, -0.15) is 0 Å². The van der Waals surface area contributed by atoms with Crippen molar-refractivity contribution in [2.24, 2.45) is 0 Å². The Morgan fingerprint density at radius 2 is 2.00 bits per heavy atom. The van der Waals surface area contributed by atoms with Crippen LogP contribution in [0.4, 0.5) is 10.5 Å². The van der Waals surface area contributed by atoms with Crippen molar-refractivity contribution in [1.29, 1.82) is 0 Å². The third kappa shape index (κ3) is 4.01. The highest BCUT2D eigenvalue weighted by atomic mass is 16.6. The summed E-state index contributed by atoms with van der Waals surface area (Å²) in [7, 11) is 0. The Morgan fingerprint density at radius 3 is 2.62 bits per heavy atom. The van der Waals surface area contributed by atoms with Gasteiger partial charge >= 0.3 is 6.09 Å². The van der Waals surface area contributed by atoms with E-state index in [9.17, 15) is 9.59 Å². The summed E-state index contributed by atoms with van der Waals surface area (Å²) in [5, 5.41) is 3.59. The molecule has 26 heavy (non-hydrogen) atoms. The van der Waals surface area contributed by atoms with Crippen molar-refractivity contribution in [2.45, 2.75) is 57.7 Å². The number of carbonyl (C=O) groups excluding carboxylic acids is 2. The molecule has 6 nitrogen and oxygen atoms in total. The molecular weight excluding hydrogens is 330 g/mol. The highest BCUT2D eigenvalue weighted by molar-refractivity contribution is 5.76. The van der Waals surface area contributed by atoms with Crippen LogP contribution in [0.5, 0.6) is 0 Å². The van der Waals surface area contributed by atoms with Crippen LogP contribution in [0, 0.1) is 6.92 Å². The van der Waals surface area contributed by atoms with Crippen LogP contribution in [-0.4, -0.2) is 55.2 Å². The number of nitrogens with zero attached hydrogens (tertiary/aromatic N) is 2. The normalized spacial score (nSPS) is 24.4. The van der Waals surface area contributed by atoms with Crippen LogP contribution in [0.3, 0.4) is 0 Å². The number of para-hydroxylation sites is 1. The zero-order valence-corrected chi connectivity index (χ0v) is 15.7. The number of carbonyl (C=O) groups is 2. The monoisotopic (exact) mass is 359 g/mol. The Balaban J connectivity index is 1.50. The maximum atomic E-state index is 12.1. The van der Waals surface area contributed by atoms with Gasteiger partial charge in [0.05, 0.1) is 6.61 Å². The second kappa shape index (κ2) is 8.54. The average Bonchev–Trinajstić information content (AvgIpc) is 2.91. The Morgan fingerprint density at radius 1 is 1.31 bits per heavy atom. The van der Waals surface area contributed by atoms with Crippen molar-refractivity contribution in [3.63, 3.8) is 0 Å². The average molecular weight is 359 g/mol. The number of aryl methyl sites for hydroxylation is 1. The summed E-state index contributed by atoms with van der Waals surface area (Å²) in [6.07, 6.45) is 4.78. The first-order valence-corrected chi connectivity index (χ1v) is 9.60. The smallest absolute Gasteiger partial charge is 0.410 e. The molecule has 2 aliphatic heterocycles. The van der Waals surface area contributed by atoms with E-state index in [0.29, 0.717) is 19.2 Å². The van der Waals surface area contributed by atoms with Crippen LogP contribution < -0.4 is 10.2 Å². The second-order valence-electron chi connectivity index (χ2n) is 7.20. The molecule has 2 amide bonds. The van der Waals surface area contributed by atoms with Gasteiger partial charge < -0.3 is 19.9 Å². The molecular formula is C20H29N3O3. The highest BCUT2D eigenvalue weighted by Gasteiger charge is 2.43. The van der Waals surface area contributed by atoms with Crippen molar-refractivity contribution in [3.8, 4) is 0 Å². The molecule has 0 spiro atoms. The third-order valence-corrected chi connectivity index (χ3v) is 5.55. The van der Waals surface area contributed by atoms with Crippen LogP contribution in [-0.2, 0) is 9.53 Å². The first-order valence-electron chi connectivity index (χ1n) is 9.60. The molecule has 1 N–H and O–H groups in total. The van der Waals surface area contributed by atoms with E-state index in [0.717, 1.165) is 49.9 Å². The van der Waals surface area contributed by atoms with Crippen molar-refractivity contribution in [1.82, 2.24) is 10.2 Å². The first kappa shape index (κ1) is 18.7. The van der Waals surface area contributed by atoms with Crippen LogP contribution in [0.2, 0.25) is 0 Å². The van der Waals surface area contributed by atoms with Crippen molar-refractivity contribution < 1.29 is 14.3 Å². The zero-order valence-electron chi connectivity index (χ0n) is 15.7. The zero-order chi connectivity index (χ0) is 18.5. The predicted molar refractivity (Wildman–Crippen MR) is 101 cm³/mol. The summed E-state index contributed by atoms with van der Waals surface area (Å²) in [4.78, 5) is 27.3. The number of ether oxygens (including phenoxy) is 1. The van der Waals surface area contributed by atoms with E-state index < -0.39 is 0 Å². The lowest BCUT2D eigenvalue weighted by Crippen LogP contribution is -2.52. The number of nitrogens with one attached hydrogen (secondary N) is 1. The van der Waals surface area contributed by atoms with E-state index in [4.69, 9.17) is 4.74 Å². The molecule has 3 rings (SSSR count). The van der Waals surface area contributed by atoms with Crippen LogP contribution >= 0.6 is 0 Å². The molecule has 1 aromatic rings. The molecule has 0 radical (unpaired) electrons. The van der Waals surface area contributed by atoms with Gasteiger partial charge in [0.15, 0.2) is 0 Å². The minimum atomic E-state index is -0.162. The van der Waals surface area contributed by atoms with Gasteiger partial charge in [0.1, 0.15) is 0 Å². The van der Waals surface area contributed by atoms with E-state index in [2.05, 4.69) is 5.32 Å². The lowest BCUT2D eigenvalue weighted by atomic mass is 9.98. The summed E-state index contributed by atoms with van der Waals surface area (Å²) in [6, 6.07) is 8.88. The third-order valence-electron chi connectivity index (χ3n) is 5.55. The van der Waals surface area contributed by atoms with E-state index in [1.54, 1.807) is 4.90 Å². The van der Waals surface area contributed by atoms with Gasteiger partial charge in [-0.15, -0.1) is 0 Å². The molecule has 2 aliphatic rings. The molecule has 0 aliphatic carbocycles. The molecule has 2 bridgehead atoms. The number of amides is 2. The van der Waals surface area contributed by atoms with E-state index >= 15 is 0 Å². The highest BCUT2D eigenvalue weighted by Crippen LogP contribution is 2.36. The Labute approximate surface area is 155 Å². The molecule has 0 saturated carbocycles. The van der Waals surface area contributed by atoms with E-state index in [-0.39, 0.29) is 18.2 Å². The number of benzene rings is 1. The number of piperidine rings is 1. The summed E-state index contributed by atoms with van der Waals surface area (Å²) in [6.45, 7) is 5.68. The number of hydrogen-bond acceptors (Lipinski definition) is 4. The lowest BCUT2D eigenvalue weighted by molar-refractivity contribution is -0.107. The van der Waals surface area contributed by atoms with Crippen LogP contribution in [0.15, 0.2) is 24.3 Å². The summed E-state index contributed by atoms with van der Waals surface area (Å²) >= 11 is 0. The topological polar surface area (TPSA) is 61.9 Å². The minimum absolute atomic E-state index is 0.162. The number of fused-ring (bicyclic) bond motifs is 2. The maximum absolute atomic E-state index is 12.1. The van der Waals surface area contributed by atoms with Crippen molar-refractivity contribution >= 4 is 18.2 Å². The Hall–Kier alpha value is -2.08. The van der Waals surface area contributed by atoms with Crippen molar-refractivity contribution in [2.75, 3.05) is 24.6 Å². The molecule has 1 aromatic carbocycles. The van der Waals surface area contributed by atoms with Gasteiger partial charge in [0, 0.05) is 36.9 Å². The molecule has 0 aromatic heterocycles. The predicted octanol–water partition coefficient (Wildman–Crippen LogP) is 2.70. The number of anilines is 1. The molecule has 2 saturated heterocycles. The SMILES string of the molecule is CCOC(=O)N1C2CCC1CC(NCCN(C=O)c1ccccc1C)C2. The Bertz CT molecular complexity index is 622. The van der Waals surface area contributed by atoms with Gasteiger partial charge in [-0.05, 0) is 51.2 Å². The summed E-state index contributed by atoms with van der Waals surface area (Å²) in [5.41, 5.74) is 2.06. The van der Waals surface area contributed by atoms with Gasteiger partial charge in [-0.3, -0.25) is 4.79 Å². The largest absolute Gasteiger partial charge is 0.450 e. The van der Waals surface area contributed by atoms with Crippen molar-refractivity contribution in [3.05, 3.63) is 29.8 Å². The number of hydrogen-bond donors (Lipinski definition) is 1. The summed E-state index contributed by atoms with van der Waals surface area (Å²) < 4.78 is 5.21. The quantitative estimate of drug-likeness (QED) is 0.761. The first-order chi connectivity index (χ1) is 12.6.